The van der Waals surface area contributed by atoms with Crippen molar-refractivity contribution in [2.75, 3.05) is 6.61 Å². The van der Waals surface area contributed by atoms with Gasteiger partial charge >= 0.3 is 0 Å². The van der Waals surface area contributed by atoms with Gasteiger partial charge in [-0.15, -0.1) is 0 Å². The number of aromatic amines is 1. The van der Waals surface area contributed by atoms with Gasteiger partial charge < -0.3 is 10.4 Å². The van der Waals surface area contributed by atoms with Crippen LogP contribution >= 0.6 is 0 Å². The van der Waals surface area contributed by atoms with Crippen LogP contribution in [0.4, 0.5) is 0 Å². The number of hydrogen-bond acceptors (Lipinski definition) is 3. The smallest absolute Gasteiger partial charge is 0.254 e. The van der Waals surface area contributed by atoms with Gasteiger partial charge in [0.2, 0.25) is 0 Å². The molecular formula is C10H17N3O2. The highest BCUT2D eigenvalue weighted by molar-refractivity contribution is 5.94. The molecule has 1 aromatic heterocycles. The van der Waals surface area contributed by atoms with Crippen molar-refractivity contribution in [3.8, 4) is 0 Å². The average molecular weight is 211 g/mol. The van der Waals surface area contributed by atoms with Crippen LogP contribution in [0.2, 0.25) is 0 Å². The van der Waals surface area contributed by atoms with E-state index in [1.165, 1.54) is 12.4 Å². The maximum atomic E-state index is 11.7. The third-order valence-electron chi connectivity index (χ3n) is 2.80. The topological polar surface area (TPSA) is 78.0 Å². The Morgan fingerprint density at radius 1 is 1.60 bits per heavy atom. The molecule has 0 unspecified atom stereocenters. The molecule has 5 nitrogen and oxygen atoms in total. The van der Waals surface area contributed by atoms with Crippen LogP contribution in [0, 0.1) is 0 Å². The summed E-state index contributed by atoms with van der Waals surface area (Å²) < 4.78 is 0. The fourth-order valence-corrected chi connectivity index (χ4v) is 1.38. The second-order valence-corrected chi connectivity index (χ2v) is 3.59. The summed E-state index contributed by atoms with van der Waals surface area (Å²) in [5.41, 5.74) is -0.0383. The van der Waals surface area contributed by atoms with Gasteiger partial charge in [0.1, 0.15) is 0 Å². The number of rotatable bonds is 5. The highest BCUT2D eigenvalue weighted by Gasteiger charge is 2.27. The molecule has 0 spiro atoms. The molecule has 3 N–H and O–H groups in total. The quantitative estimate of drug-likeness (QED) is 0.670. The van der Waals surface area contributed by atoms with Crippen LogP contribution in [0.1, 0.15) is 37.0 Å². The van der Waals surface area contributed by atoms with Gasteiger partial charge in [-0.3, -0.25) is 9.89 Å². The van der Waals surface area contributed by atoms with Gasteiger partial charge in [0.05, 0.1) is 23.9 Å². The van der Waals surface area contributed by atoms with E-state index in [9.17, 15) is 9.90 Å². The lowest BCUT2D eigenvalue weighted by Crippen LogP contribution is -2.50. The van der Waals surface area contributed by atoms with E-state index < -0.39 is 5.54 Å². The Balaban J connectivity index is 2.71. The molecule has 0 aromatic carbocycles. The van der Waals surface area contributed by atoms with Crippen LogP contribution in [0.5, 0.6) is 0 Å². The molecule has 1 heterocycles. The monoisotopic (exact) mass is 211 g/mol. The molecule has 1 amide bonds. The Labute approximate surface area is 88.9 Å². The molecule has 0 radical (unpaired) electrons. The number of carbonyl (C=O) groups excluding carboxylic acids is 1. The Bertz CT molecular complexity index is 296. The fraction of sp³-hybridized carbons (Fsp3) is 0.600. The van der Waals surface area contributed by atoms with E-state index >= 15 is 0 Å². The van der Waals surface area contributed by atoms with E-state index in [1.54, 1.807) is 0 Å². The number of aromatic nitrogens is 2. The second kappa shape index (κ2) is 4.93. The van der Waals surface area contributed by atoms with Crippen LogP contribution in [-0.2, 0) is 0 Å². The van der Waals surface area contributed by atoms with Gasteiger partial charge in [0.15, 0.2) is 0 Å². The van der Waals surface area contributed by atoms with Crippen LogP contribution < -0.4 is 5.32 Å². The minimum Gasteiger partial charge on any atom is -0.394 e. The van der Waals surface area contributed by atoms with Gasteiger partial charge in [-0.05, 0) is 12.8 Å². The van der Waals surface area contributed by atoms with Gasteiger partial charge in [0, 0.05) is 6.20 Å². The molecule has 15 heavy (non-hydrogen) atoms. The average Bonchev–Trinajstić information content (AvgIpc) is 2.79. The predicted molar refractivity (Wildman–Crippen MR) is 56.5 cm³/mol. The van der Waals surface area contributed by atoms with Crippen molar-refractivity contribution in [1.29, 1.82) is 0 Å². The molecule has 0 fully saturated rings. The number of amides is 1. The van der Waals surface area contributed by atoms with Crippen LogP contribution in [0.3, 0.4) is 0 Å². The zero-order chi connectivity index (χ0) is 11.3. The summed E-state index contributed by atoms with van der Waals surface area (Å²) in [6.07, 6.45) is 4.39. The molecule has 0 aliphatic heterocycles. The van der Waals surface area contributed by atoms with E-state index in [0.717, 1.165) is 0 Å². The van der Waals surface area contributed by atoms with E-state index in [1.807, 2.05) is 13.8 Å². The molecule has 0 bridgehead atoms. The highest BCUT2D eigenvalue weighted by atomic mass is 16.3. The zero-order valence-electron chi connectivity index (χ0n) is 9.08. The Hall–Kier alpha value is -1.36. The minimum atomic E-state index is -0.519. The maximum absolute atomic E-state index is 11.7. The van der Waals surface area contributed by atoms with E-state index in [4.69, 9.17) is 0 Å². The van der Waals surface area contributed by atoms with Crippen molar-refractivity contribution < 1.29 is 9.90 Å². The first-order valence-corrected chi connectivity index (χ1v) is 5.09. The summed E-state index contributed by atoms with van der Waals surface area (Å²) in [7, 11) is 0. The first-order valence-electron chi connectivity index (χ1n) is 5.09. The summed E-state index contributed by atoms with van der Waals surface area (Å²) >= 11 is 0. The summed E-state index contributed by atoms with van der Waals surface area (Å²) in [4.78, 5) is 11.7. The van der Waals surface area contributed by atoms with Crippen molar-refractivity contribution in [2.45, 2.75) is 32.2 Å². The van der Waals surface area contributed by atoms with Crippen molar-refractivity contribution >= 4 is 5.91 Å². The molecule has 0 saturated carbocycles. The van der Waals surface area contributed by atoms with Gasteiger partial charge in [0.25, 0.3) is 5.91 Å². The van der Waals surface area contributed by atoms with Crippen molar-refractivity contribution in [3.63, 3.8) is 0 Å². The second-order valence-electron chi connectivity index (χ2n) is 3.59. The summed E-state index contributed by atoms with van der Waals surface area (Å²) in [5, 5.41) is 18.4. The Morgan fingerprint density at radius 3 is 2.67 bits per heavy atom. The van der Waals surface area contributed by atoms with Gasteiger partial charge in [-0.1, -0.05) is 13.8 Å². The van der Waals surface area contributed by atoms with Crippen LogP contribution in [0.25, 0.3) is 0 Å². The minimum absolute atomic E-state index is 0.0520. The van der Waals surface area contributed by atoms with E-state index in [-0.39, 0.29) is 12.5 Å². The highest BCUT2D eigenvalue weighted by Crippen LogP contribution is 2.14. The Morgan fingerprint density at radius 2 is 2.27 bits per heavy atom. The lowest BCUT2D eigenvalue weighted by atomic mass is 9.93. The SMILES string of the molecule is CCC(CC)(CO)NC(=O)c1cn[nH]c1. The maximum Gasteiger partial charge on any atom is 0.254 e. The number of H-pyrrole nitrogens is 1. The van der Waals surface area contributed by atoms with Crippen molar-refractivity contribution in [1.82, 2.24) is 15.5 Å². The Kier molecular flexibility index (Phi) is 3.85. The molecule has 0 atom stereocenters. The number of aliphatic hydroxyl groups excluding tert-OH is 1. The molecule has 84 valence electrons. The van der Waals surface area contributed by atoms with Crippen molar-refractivity contribution in [2.24, 2.45) is 0 Å². The number of nitrogens with zero attached hydrogens (tertiary/aromatic N) is 1. The molecule has 1 aromatic rings. The third kappa shape index (κ3) is 2.56. The molecule has 5 heteroatoms. The predicted octanol–water partition coefficient (Wildman–Crippen LogP) is 0.691. The van der Waals surface area contributed by atoms with E-state index in [2.05, 4.69) is 15.5 Å². The number of hydrogen-bond donors (Lipinski definition) is 3. The summed E-state index contributed by atoms with van der Waals surface area (Å²) in [6.45, 7) is 3.83. The number of carbonyl (C=O) groups is 1. The lowest BCUT2D eigenvalue weighted by Gasteiger charge is -2.30. The standard InChI is InChI=1S/C10H17N3O2/c1-3-10(4-2,7-14)13-9(15)8-5-11-12-6-8/h5-6,14H,3-4,7H2,1-2H3,(H,11,12)(H,13,15). The van der Waals surface area contributed by atoms with E-state index in [0.29, 0.717) is 18.4 Å². The third-order valence-corrected chi connectivity index (χ3v) is 2.80. The molecular weight excluding hydrogens is 194 g/mol. The molecule has 1 rings (SSSR count). The molecule has 0 aliphatic carbocycles. The number of aliphatic hydroxyl groups is 1. The van der Waals surface area contributed by atoms with Gasteiger partial charge in [-0.2, -0.15) is 5.10 Å². The molecule has 0 saturated heterocycles. The normalized spacial score (nSPS) is 11.4. The fourth-order valence-electron chi connectivity index (χ4n) is 1.38. The summed E-state index contributed by atoms with van der Waals surface area (Å²) in [5.74, 6) is -0.207. The lowest BCUT2D eigenvalue weighted by molar-refractivity contribution is 0.0818. The van der Waals surface area contributed by atoms with Crippen molar-refractivity contribution in [3.05, 3.63) is 18.0 Å². The zero-order valence-corrected chi connectivity index (χ0v) is 9.08. The first-order chi connectivity index (χ1) is 7.17. The molecule has 0 aliphatic rings. The first kappa shape index (κ1) is 11.7. The largest absolute Gasteiger partial charge is 0.394 e. The number of nitrogens with one attached hydrogen (secondary N) is 2. The van der Waals surface area contributed by atoms with Crippen LogP contribution in [0.15, 0.2) is 12.4 Å². The van der Waals surface area contributed by atoms with Gasteiger partial charge in [-0.25, -0.2) is 0 Å². The van der Waals surface area contributed by atoms with Crippen LogP contribution in [-0.4, -0.2) is 33.4 Å². The summed E-state index contributed by atoms with van der Waals surface area (Å²) in [6, 6.07) is 0.